The van der Waals surface area contributed by atoms with Gasteiger partial charge in [-0.1, -0.05) is 36.4 Å². The third-order valence-corrected chi connectivity index (χ3v) is 3.77. The number of nitrogens with one attached hydrogen (secondary N) is 2. The standard InChI is InChI=1S/C16H17IN2S/c17-14-9-4-10-15(12-14)19-16(20)18-11-5-8-13-6-2-1-3-7-13/h1-4,6-7,9-10,12H,5,8,11H2,(H2,18,19,20). The van der Waals surface area contributed by atoms with Gasteiger partial charge in [-0.2, -0.15) is 0 Å². The lowest BCUT2D eigenvalue weighted by molar-refractivity contribution is 0.777. The summed E-state index contributed by atoms with van der Waals surface area (Å²) in [7, 11) is 0. The van der Waals surface area contributed by atoms with Gasteiger partial charge in [0.2, 0.25) is 0 Å². The zero-order chi connectivity index (χ0) is 14.2. The first-order valence-electron chi connectivity index (χ1n) is 6.58. The Morgan fingerprint density at radius 1 is 1.05 bits per heavy atom. The number of aryl methyl sites for hydroxylation is 1. The van der Waals surface area contributed by atoms with Crippen molar-refractivity contribution in [2.75, 3.05) is 11.9 Å². The molecule has 2 aromatic rings. The van der Waals surface area contributed by atoms with Crippen molar-refractivity contribution >= 4 is 45.6 Å². The van der Waals surface area contributed by atoms with E-state index in [1.807, 2.05) is 18.2 Å². The summed E-state index contributed by atoms with van der Waals surface area (Å²) in [5.74, 6) is 0. The van der Waals surface area contributed by atoms with Gasteiger partial charge in [0, 0.05) is 15.8 Å². The van der Waals surface area contributed by atoms with Crippen molar-refractivity contribution < 1.29 is 0 Å². The van der Waals surface area contributed by atoms with Crippen LogP contribution in [0.15, 0.2) is 54.6 Å². The molecule has 104 valence electrons. The van der Waals surface area contributed by atoms with Crippen molar-refractivity contribution in [2.24, 2.45) is 0 Å². The van der Waals surface area contributed by atoms with Crippen LogP contribution in [-0.2, 0) is 6.42 Å². The molecule has 0 amide bonds. The lowest BCUT2D eigenvalue weighted by Gasteiger charge is -2.10. The minimum Gasteiger partial charge on any atom is -0.362 e. The minimum atomic E-state index is 0.681. The van der Waals surface area contributed by atoms with Gasteiger partial charge in [-0.15, -0.1) is 0 Å². The van der Waals surface area contributed by atoms with Crippen LogP contribution in [0.1, 0.15) is 12.0 Å². The van der Waals surface area contributed by atoms with E-state index in [0.717, 1.165) is 25.1 Å². The van der Waals surface area contributed by atoms with E-state index < -0.39 is 0 Å². The van der Waals surface area contributed by atoms with Crippen molar-refractivity contribution in [2.45, 2.75) is 12.8 Å². The molecule has 2 N–H and O–H groups in total. The molecule has 0 spiro atoms. The van der Waals surface area contributed by atoms with Crippen molar-refractivity contribution in [1.82, 2.24) is 5.32 Å². The fourth-order valence-electron chi connectivity index (χ4n) is 1.88. The largest absolute Gasteiger partial charge is 0.362 e. The molecular weight excluding hydrogens is 379 g/mol. The Morgan fingerprint density at radius 2 is 1.85 bits per heavy atom. The molecule has 0 aliphatic heterocycles. The number of benzene rings is 2. The summed E-state index contributed by atoms with van der Waals surface area (Å²) in [6.07, 6.45) is 2.14. The fraction of sp³-hybridized carbons (Fsp3) is 0.188. The number of rotatable bonds is 5. The van der Waals surface area contributed by atoms with Gasteiger partial charge in [-0.05, 0) is 71.4 Å². The first-order chi connectivity index (χ1) is 9.74. The maximum absolute atomic E-state index is 5.28. The quantitative estimate of drug-likeness (QED) is 0.450. The van der Waals surface area contributed by atoms with Crippen LogP contribution in [0.2, 0.25) is 0 Å². The first kappa shape index (κ1) is 15.3. The average Bonchev–Trinajstić information content (AvgIpc) is 2.45. The highest BCUT2D eigenvalue weighted by atomic mass is 127. The molecule has 0 aliphatic carbocycles. The first-order valence-corrected chi connectivity index (χ1v) is 8.07. The molecule has 0 aliphatic rings. The van der Waals surface area contributed by atoms with E-state index in [2.05, 4.69) is 69.6 Å². The Labute approximate surface area is 139 Å². The van der Waals surface area contributed by atoms with E-state index >= 15 is 0 Å². The Morgan fingerprint density at radius 3 is 2.60 bits per heavy atom. The second-order valence-electron chi connectivity index (χ2n) is 4.48. The second-order valence-corrected chi connectivity index (χ2v) is 6.13. The number of anilines is 1. The molecule has 20 heavy (non-hydrogen) atoms. The third kappa shape index (κ3) is 5.46. The van der Waals surface area contributed by atoms with Crippen LogP contribution in [0, 0.1) is 3.57 Å². The minimum absolute atomic E-state index is 0.681. The maximum atomic E-state index is 5.28. The molecule has 0 unspecified atom stereocenters. The summed E-state index contributed by atoms with van der Waals surface area (Å²) < 4.78 is 1.19. The highest BCUT2D eigenvalue weighted by Gasteiger charge is 1.98. The third-order valence-electron chi connectivity index (χ3n) is 2.85. The molecule has 0 radical (unpaired) electrons. The number of halogens is 1. The van der Waals surface area contributed by atoms with Gasteiger partial charge in [-0.3, -0.25) is 0 Å². The van der Waals surface area contributed by atoms with E-state index in [-0.39, 0.29) is 0 Å². The predicted molar refractivity (Wildman–Crippen MR) is 98.1 cm³/mol. The SMILES string of the molecule is S=C(NCCCc1ccccc1)Nc1cccc(I)c1. The second kappa shape index (κ2) is 8.21. The summed E-state index contributed by atoms with van der Waals surface area (Å²) in [6.45, 7) is 0.880. The zero-order valence-electron chi connectivity index (χ0n) is 11.1. The van der Waals surface area contributed by atoms with Gasteiger partial charge < -0.3 is 10.6 Å². The Bertz CT molecular complexity index is 557. The molecular formula is C16H17IN2S. The van der Waals surface area contributed by atoms with Gasteiger partial charge in [-0.25, -0.2) is 0 Å². The Kier molecular flexibility index (Phi) is 6.26. The molecule has 4 heteroatoms. The number of hydrogen-bond donors (Lipinski definition) is 2. The summed E-state index contributed by atoms with van der Waals surface area (Å²) in [4.78, 5) is 0. The lowest BCUT2D eigenvalue weighted by atomic mass is 10.1. The van der Waals surface area contributed by atoms with Crippen LogP contribution in [0.25, 0.3) is 0 Å². The van der Waals surface area contributed by atoms with Crippen LogP contribution in [0.3, 0.4) is 0 Å². The molecule has 2 nitrogen and oxygen atoms in total. The normalized spacial score (nSPS) is 10.1. The Hall–Kier alpha value is -1.14. The van der Waals surface area contributed by atoms with Gasteiger partial charge in [0.25, 0.3) is 0 Å². The van der Waals surface area contributed by atoms with E-state index in [4.69, 9.17) is 12.2 Å². The lowest BCUT2D eigenvalue weighted by Crippen LogP contribution is -2.29. The van der Waals surface area contributed by atoms with E-state index in [1.165, 1.54) is 9.13 Å². The summed E-state index contributed by atoms with van der Waals surface area (Å²) in [5.41, 5.74) is 2.39. The van der Waals surface area contributed by atoms with E-state index in [0.29, 0.717) is 5.11 Å². The molecule has 0 aromatic heterocycles. The molecule has 0 fully saturated rings. The van der Waals surface area contributed by atoms with Crippen LogP contribution in [0.4, 0.5) is 5.69 Å². The van der Waals surface area contributed by atoms with Crippen molar-refractivity contribution in [3.8, 4) is 0 Å². The Balaban J connectivity index is 1.68. The van der Waals surface area contributed by atoms with Gasteiger partial charge in [0.1, 0.15) is 0 Å². The van der Waals surface area contributed by atoms with Crippen LogP contribution in [0.5, 0.6) is 0 Å². The molecule has 0 saturated heterocycles. The van der Waals surface area contributed by atoms with E-state index in [1.54, 1.807) is 0 Å². The number of hydrogen-bond acceptors (Lipinski definition) is 1. The molecule has 2 rings (SSSR count). The monoisotopic (exact) mass is 396 g/mol. The molecule has 0 atom stereocenters. The van der Waals surface area contributed by atoms with Crippen molar-refractivity contribution in [1.29, 1.82) is 0 Å². The van der Waals surface area contributed by atoms with Crippen LogP contribution >= 0.6 is 34.8 Å². The van der Waals surface area contributed by atoms with Crippen LogP contribution < -0.4 is 10.6 Å². The molecule has 0 saturated carbocycles. The maximum Gasteiger partial charge on any atom is 0.170 e. The molecule has 2 aromatic carbocycles. The van der Waals surface area contributed by atoms with Crippen LogP contribution in [-0.4, -0.2) is 11.7 Å². The predicted octanol–water partition coefficient (Wildman–Crippen LogP) is 4.21. The topological polar surface area (TPSA) is 24.1 Å². The summed E-state index contributed by atoms with van der Waals surface area (Å²) >= 11 is 7.57. The smallest absolute Gasteiger partial charge is 0.170 e. The average molecular weight is 396 g/mol. The molecule has 0 heterocycles. The highest BCUT2D eigenvalue weighted by molar-refractivity contribution is 14.1. The molecule has 0 bridgehead atoms. The summed E-state index contributed by atoms with van der Waals surface area (Å²) in [5, 5.41) is 7.12. The van der Waals surface area contributed by atoms with Gasteiger partial charge >= 0.3 is 0 Å². The van der Waals surface area contributed by atoms with E-state index in [9.17, 15) is 0 Å². The zero-order valence-corrected chi connectivity index (χ0v) is 14.1. The van der Waals surface area contributed by atoms with Gasteiger partial charge in [0.15, 0.2) is 5.11 Å². The van der Waals surface area contributed by atoms with Crippen molar-refractivity contribution in [3.05, 3.63) is 63.7 Å². The van der Waals surface area contributed by atoms with Gasteiger partial charge in [0.05, 0.1) is 0 Å². The highest BCUT2D eigenvalue weighted by Crippen LogP contribution is 2.12. The fourth-order valence-corrected chi connectivity index (χ4v) is 2.64. The summed E-state index contributed by atoms with van der Waals surface area (Å²) in [6, 6.07) is 18.7. The van der Waals surface area contributed by atoms with Crippen molar-refractivity contribution in [3.63, 3.8) is 0 Å². The number of thiocarbonyl (C=S) groups is 1.